The van der Waals surface area contributed by atoms with E-state index >= 15 is 0 Å². The number of fused-ring (bicyclic) bond motifs is 1. The van der Waals surface area contributed by atoms with E-state index in [0.717, 1.165) is 5.69 Å². The first-order valence-corrected chi connectivity index (χ1v) is 8.65. The third-order valence-electron chi connectivity index (χ3n) is 3.24. The minimum atomic E-state index is -3.30. The molecule has 1 aliphatic heterocycles. The molecule has 0 aliphatic carbocycles. The second-order valence-electron chi connectivity index (χ2n) is 5.52. The zero-order chi connectivity index (χ0) is 15.8. The third kappa shape index (κ3) is 3.56. The van der Waals surface area contributed by atoms with Gasteiger partial charge in [0.1, 0.15) is 11.5 Å². The van der Waals surface area contributed by atoms with Crippen LogP contribution in [-0.4, -0.2) is 47.4 Å². The van der Waals surface area contributed by atoms with Crippen LogP contribution in [0.25, 0.3) is 0 Å². The van der Waals surface area contributed by atoms with Gasteiger partial charge < -0.3 is 5.32 Å². The van der Waals surface area contributed by atoms with Crippen LogP contribution >= 0.6 is 0 Å². The van der Waals surface area contributed by atoms with Gasteiger partial charge in [-0.3, -0.25) is 4.79 Å². The molecule has 0 saturated carbocycles. The van der Waals surface area contributed by atoms with Gasteiger partial charge in [-0.15, -0.1) is 0 Å². The van der Waals surface area contributed by atoms with Gasteiger partial charge in [-0.05, 0) is 20.8 Å². The number of nitrogens with zero attached hydrogens (tertiary/aromatic N) is 3. The van der Waals surface area contributed by atoms with E-state index in [1.807, 2.05) is 13.8 Å². The molecule has 0 atom stereocenters. The topological polar surface area (TPSA) is 92.3 Å². The van der Waals surface area contributed by atoms with Crippen LogP contribution < -0.4 is 5.32 Å². The van der Waals surface area contributed by atoms with E-state index in [1.165, 1.54) is 10.6 Å². The molecule has 1 aliphatic rings. The molecule has 1 aromatic rings. The number of amides is 1. The second kappa shape index (κ2) is 5.69. The van der Waals surface area contributed by atoms with Crippen molar-refractivity contribution in [3.05, 3.63) is 22.8 Å². The Morgan fingerprint density at radius 3 is 2.57 bits per heavy atom. The van der Waals surface area contributed by atoms with Gasteiger partial charge in [0, 0.05) is 31.1 Å². The molecule has 0 saturated heterocycles. The molecule has 8 heteroatoms. The number of hydrogen-bond donors (Lipinski definition) is 1. The van der Waals surface area contributed by atoms with Gasteiger partial charge in [-0.1, -0.05) is 0 Å². The molecule has 0 aromatic carbocycles. The molecule has 1 aromatic heterocycles. The summed E-state index contributed by atoms with van der Waals surface area (Å²) >= 11 is 0. The number of carbonyl (C=O) groups is 1. The molecule has 0 spiro atoms. The summed E-state index contributed by atoms with van der Waals surface area (Å²) in [4.78, 5) is 20.8. The molecule has 116 valence electrons. The summed E-state index contributed by atoms with van der Waals surface area (Å²) < 4.78 is 24.8. The Morgan fingerprint density at radius 2 is 2.00 bits per heavy atom. The zero-order valence-electron chi connectivity index (χ0n) is 12.7. The number of aromatic nitrogens is 2. The van der Waals surface area contributed by atoms with Crippen molar-refractivity contribution < 1.29 is 13.2 Å². The fraction of sp³-hybridized carbons (Fsp3) is 0.615. The van der Waals surface area contributed by atoms with Gasteiger partial charge in [0.25, 0.3) is 5.91 Å². The number of aryl methyl sites for hydroxylation is 1. The van der Waals surface area contributed by atoms with Crippen molar-refractivity contribution in [3.63, 3.8) is 0 Å². The molecule has 21 heavy (non-hydrogen) atoms. The Labute approximate surface area is 124 Å². The fourth-order valence-electron chi connectivity index (χ4n) is 2.31. The monoisotopic (exact) mass is 312 g/mol. The predicted octanol–water partition coefficient (Wildman–Crippen LogP) is 0.241. The lowest BCUT2D eigenvalue weighted by molar-refractivity contribution is 0.0935. The minimum Gasteiger partial charge on any atom is -0.349 e. The van der Waals surface area contributed by atoms with Crippen LogP contribution in [0.5, 0.6) is 0 Å². The summed E-state index contributed by atoms with van der Waals surface area (Å²) in [6.45, 7) is 5.99. The average Bonchev–Trinajstić information content (AvgIpc) is 2.35. The highest BCUT2D eigenvalue weighted by Gasteiger charge is 2.29. The number of hydrogen-bond acceptors (Lipinski definition) is 5. The van der Waals surface area contributed by atoms with E-state index in [9.17, 15) is 13.2 Å². The maximum absolute atomic E-state index is 12.3. The average molecular weight is 312 g/mol. The highest BCUT2D eigenvalue weighted by atomic mass is 32.2. The van der Waals surface area contributed by atoms with Gasteiger partial charge in [-0.2, -0.15) is 4.31 Å². The van der Waals surface area contributed by atoms with E-state index in [-0.39, 0.29) is 24.2 Å². The van der Waals surface area contributed by atoms with Crippen LogP contribution in [0.2, 0.25) is 0 Å². The lowest BCUT2D eigenvalue weighted by Gasteiger charge is -2.27. The number of sulfonamides is 1. The molecular weight excluding hydrogens is 292 g/mol. The molecule has 1 amide bonds. The first kappa shape index (κ1) is 15.8. The number of carbonyl (C=O) groups excluding carboxylic acids is 1. The molecule has 0 fully saturated rings. The van der Waals surface area contributed by atoms with Crippen molar-refractivity contribution in [2.75, 3.05) is 12.8 Å². The molecule has 1 N–H and O–H groups in total. The first-order valence-electron chi connectivity index (χ1n) is 6.81. The molecule has 0 radical (unpaired) electrons. The fourth-order valence-corrected chi connectivity index (χ4v) is 3.10. The molecule has 7 nitrogen and oxygen atoms in total. The van der Waals surface area contributed by atoms with Crippen LogP contribution in [-0.2, 0) is 23.0 Å². The smallest absolute Gasteiger partial charge is 0.270 e. The standard InChI is InChI=1S/C13H20N4O3S/c1-8(2)14-13(18)12-10-7-17(21(4,19)20)6-5-11(10)15-9(3)16-12/h8H,5-7H2,1-4H3,(H,14,18). The lowest BCUT2D eigenvalue weighted by atomic mass is 10.0. The lowest BCUT2D eigenvalue weighted by Crippen LogP contribution is -2.39. The molecular formula is C13H20N4O3S. The summed E-state index contributed by atoms with van der Waals surface area (Å²) in [5.41, 5.74) is 1.64. The van der Waals surface area contributed by atoms with Crippen molar-refractivity contribution in [2.24, 2.45) is 0 Å². The molecule has 2 rings (SSSR count). The normalized spacial score (nSPS) is 15.9. The Morgan fingerprint density at radius 1 is 1.33 bits per heavy atom. The highest BCUT2D eigenvalue weighted by molar-refractivity contribution is 7.88. The van der Waals surface area contributed by atoms with Gasteiger partial charge >= 0.3 is 0 Å². The van der Waals surface area contributed by atoms with E-state index in [0.29, 0.717) is 24.4 Å². The quantitative estimate of drug-likeness (QED) is 0.863. The van der Waals surface area contributed by atoms with Crippen molar-refractivity contribution in [1.82, 2.24) is 19.6 Å². The molecule has 0 unspecified atom stereocenters. The summed E-state index contributed by atoms with van der Waals surface area (Å²) in [5.74, 6) is 0.234. The summed E-state index contributed by atoms with van der Waals surface area (Å²) in [7, 11) is -3.30. The summed E-state index contributed by atoms with van der Waals surface area (Å²) in [5, 5.41) is 2.79. The SMILES string of the molecule is Cc1nc2c(c(C(=O)NC(C)C)n1)CN(S(C)(=O)=O)CC2. The van der Waals surface area contributed by atoms with Gasteiger partial charge in [0.05, 0.1) is 11.9 Å². The van der Waals surface area contributed by atoms with Crippen molar-refractivity contribution in [2.45, 2.75) is 39.8 Å². The van der Waals surface area contributed by atoms with Crippen LogP contribution in [0, 0.1) is 6.92 Å². The van der Waals surface area contributed by atoms with Crippen LogP contribution in [0.15, 0.2) is 0 Å². The van der Waals surface area contributed by atoms with Gasteiger partial charge in [0.2, 0.25) is 10.0 Å². The maximum atomic E-state index is 12.3. The van der Waals surface area contributed by atoms with E-state index in [2.05, 4.69) is 15.3 Å². The first-order chi connectivity index (χ1) is 9.68. The zero-order valence-corrected chi connectivity index (χ0v) is 13.5. The van der Waals surface area contributed by atoms with Crippen molar-refractivity contribution in [3.8, 4) is 0 Å². The van der Waals surface area contributed by atoms with E-state index < -0.39 is 10.0 Å². The Hall–Kier alpha value is -1.54. The van der Waals surface area contributed by atoms with E-state index in [1.54, 1.807) is 6.92 Å². The Kier molecular flexibility index (Phi) is 4.29. The van der Waals surface area contributed by atoms with Crippen molar-refractivity contribution in [1.29, 1.82) is 0 Å². The largest absolute Gasteiger partial charge is 0.349 e. The highest BCUT2D eigenvalue weighted by Crippen LogP contribution is 2.22. The van der Waals surface area contributed by atoms with Gasteiger partial charge in [-0.25, -0.2) is 18.4 Å². The minimum absolute atomic E-state index is 0.0157. The molecule has 0 bridgehead atoms. The Balaban J connectivity index is 2.44. The van der Waals surface area contributed by atoms with Crippen LogP contribution in [0.4, 0.5) is 0 Å². The predicted molar refractivity (Wildman–Crippen MR) is 78.3 cm³/mol. The van der Waals surface area contributed by atoms with E-state index in [4.69, 9.17) is 0 Å². The number of rotatable bonds is 3. The summed E-state index contributed by atoms with van der Waals surface area (Å²) in [6.07, 6.45) is 1.66. The molecule has 2 heterocycles. The maximum Gasteiger partial charge on any atom is 0.270 e. The van der Waals surface area contributed by atoms with Gasteiger partial charge in [0.15, 0.2) is 0 Å². The number of nitrogens with one attached hydrogen (secondary N) is 1. The second-order valence-corrected chi connectivity index (χ2v) is 7.50. The third-order valence-corrected chi connectivity index (χ3v) is 4.49. The summed E-state index contributed by atoms with van der Waals surface area (Å²) in [6, 6.07) is -0.0157. The van der Waals surface area contributed by atoms with Crippen LogP contribution in [0.1, 0.15) is 41.4 Å². The van der Waals surface area contributed by atoms with Crippen molar-refractivity contribution >= 4 is 15.9 Å². The Bertz CT molecular complexity index is 670. The van der Waals surface area contributed by atoms with Crippen LogP contribution in [0.3, 0.4) is 0 Å².